The Bertz CT molecular complexity index is 381. The molecule has 0 aliphatic heterocycles. The van der Waals surface area contributed by atoms with Crippen LogP contribution in [0, 0.1) is 11.3 Å². The summed E-state index contributed by atoms with van der Waals surface area (Å²) in [5, 5.41) is 20.8. The van der Waals surface area contributed by atoms with Crippen LogP contribution in [0.3, 0.4) is 0 Å². The van der Waals surface area contributed by atoms with E-state index < -0.39 is 0 Å². The fraction of sp³-hybridized carbons (Fsp3) is 0.750. The SMILES string of the molecule is CN(C(=O)/C(C#N)=C\NCCCCCO)C1CCCCC1. The Kier molecular flexibility index (Phi) is 8.53. The highest BCUT2D eigenvalue weighted by atomic mass is 16.2. The van der Waals surface area contributed by atoms with Crippen LogP contribution in [0.25, 0.3) is 0 Å². The van der Waals surface area contributed by atoms with Crippen molar-refractivity contribution in [2.45, 2.75) is 57.4 Å². The molecule has 0 saturated heterocycles. The predicted molar refractivity (Wildman–Crippen MR) is 82.3 cm³/mol. The molecule has 1 aliphatic carbocycles. The Balaban J connectivity index is 2.42. The number of hydrogen-bond donors (Lipinski definition) is 2. The third-order valence-electron chi connectivity index (χ3n) is 4.02. The van der Waals surface area contributed by atoms with E-state index in [0.29, 0.717) is 6.54 Å². The van der Waals surface area contributed by atoms with Crippen molar-refractivity contribution in [2.24, 2.45) is 0 Å². The Morgan fingerprint density at radius 3 is 2.67 bits per heavy atom. The van der Waals surface area contributed by atoms with Crippen molar-refractivity contribution in [3.63, 3.8) is 0 Å². The summed E-state index contributed by atoms with van der Waals surface area (Å²) in [4.78, 5) is 14.0. The molecule has 0 aromatic heterocycles. The van der Waals surface area contributed by atoms with Gasteiger partial charge in [0, 0.05) is 32.4 Å². The largest absolute Gasteiger partial charge is 0.396 e. The van der Waals surface area contributed by atoms with Crippen LogP contribution in [0.4, 0.5) is 0 Å². The van der Waals surface area contributed by atoms with E-state index in [-0.39, 0.29) is 24.1 Å². The molecule has 0 heterocycles. The van der Waals surface area contributed by atoms with Gasteiger partial charge >= 0.3 is 0 Å². The number of hydrogen-bond acceptors (Lipinski definition) is 4. The molecule has 21 heavy (non-hydrogen) atoms. The minimum atomic E-state index is -0.188. The summed E-state index contributed by atoms with van der Waals surface area (Å²) in [6.45, 7) is 0.926. The molecule has 0 aromatic rings. The minimum absolute atomic E-state index is 0.172. The number of carbonyl (C=O) groups is 1. The van der Waals surface area contributed by atoms with E-state index in [2.05, 4.69) is 5.32 Å². The maximum atomic E-state index is 12.3. The first kappa shape index (κ1) is 17.5. The quantitative estimate of drug-likeness (QED) is 0.407. The van der Waals surface area contributed by atoms with Gasteiger partial charge in [0.1, 0.15) is 11.6 Å². The lowest BCUT2D eigenvalue weighted by Crippen LogP contribution is -2.39. The minimum Gasteiger partial charge on any atom is -0.396 e. The molecule has 0 atom stereocenters. The van der Waals surface area contributed by atoms with Gasteiger partial charge in [-0.05, 0) is 32.1 Å². The molecule has 5 heteroatoms. The molecular weight excluding hydrogens is 266 g/mol. The van der Waals surface area contributed by atoms with E-state index in [1.165, 1.54) is 12.6 Å². The van der Waals surface area contributed by atoms with Gasteiger partial charge in [0.2, 0.25) is 0 Å². The lowest BCUT2D eigenvalue weighted by molar-refractivity contribution is -0.128. The molecular formula is C16H27N3O2. The summed E-state index contributed by atoms with van der Waals surface area (Å²) < 4.78 is 0. The molecule has 1 rings (SSSR count). The summed E-state index contributed by atoms with van der Waals surface area (Å²) >= 11 is 0. The monoisotopic (exact) mass is 293 g/mol. The van der Waals surface area contributed by atoms with Crippen molar-refractivity contribution in [2.75, 3.05) is 20.2 Å². The van der Waals surface area contributed by atoms with Crippen LogP contribution in [0.2, 0.25) is 0 Å². The number of aliphatic hydroxyl groups is 1. The second-order valence-electron chi connectivity index (χ2n) is 5.62. The highest BCUT2D eigenvalue weighted by Crippen LogP contribution is 2.22. The predicted octanol–water partition coefficient (Wildman–Crippen LogP) is 1.94. The molecule has 118 valence electrons. The number of aliphatic hydroxyl groups excluding tert-OH is 1. The van der Waals surface area contributed by atoms with Crippen molar-refractivity contribution in [3.05, 3.63) is 11.8 Å². The molecule has 0 radical (unpaired) electrons. The normalized spacial score (nSPS) is 16.3. The summed E-state index contributed by atoms with van der Waals surface area (Å²) in [5.74, 6) is -0.188. The Labute approximate surface area is 127 Å². The number of unbranched alkanes of at least 4 members (excludes halogenated alkanes) is 2. The van der Waals surface area contributed by atoms with Gasteiger partial charge in [-0.1, -0.05) is 19.3 Å². The third kappa shape index (κ3) is 6.17. The number of nitrogens with zero attached hydrogens (tertiary/aromatic N) is 2. The maximum absolute atomic E-state index is 12.3. The first-order chi connectivity index (χ1) is 10.2. The van der Waals surface area contributed by atoms with Crippen LogP contribution in [-0.2, 0) is 4.79 Å². The molecule has 5 nitrogen and oxygen atoms in total. The smallest absolute Gasteiger partial charge is 0.265 e. The second-order valence-corrected chi connectivity index (χ2v) is 5.62. The molecule has 0 bridgehead atoms. The summed E-state index contributed by atoms with van der Waals surface area (Å²) in [5.41, 5.74) is 0.172. The molecule has 0 unspecified atom stereocenters. The zero-order valence-electron chi connectivity index (χ0n) is 13.0. The van der Waals surface area contributed by atoms with E-state index in [4.69, 9.17) is 10.4 Å². The summed E-state index contributed by atoms with van der Waals surface area (Å²) in [6.07, 6.45) is 9.83. The fourth-order valence-electron chi connectivity index (χ4n) is 2.66. The fourth-order valence-corrected chi connectivity index (χ4v) is 2.66. The number of carbonyl (C=O) groups excluding carboxylic acids is 1. The van der Waals surface area contributed by atoms with Gasteiger partial charge in [0.25, 0.3) is 5.91 Å². The van der Waals surface area contributed by atoms with Gasteiger partial charge in [0.05, 0.1) is 0 Å². The van der Waals surface area contributed by atoms with Gasteiger partial charge in [-0.3, -0.25) is 4.79 Å². The highest BCUT2D eigenvalue weighted by molar-refractivity contribution is 5.97. The topological polar surface area (TPSA) is 76.4 Å². The van der Waals surface area contributed by atoms with Gasteiger partial charge in [-0.2, -0.15) is 5.26 Å². The van der Waals surface area contributed by atoms with Crippen LogP contribution >= 0.6 is 0 Å². The van der Waals surface area contributed by atoms with E-state index in [9.17, 15) is 4.79 Å². The molecule has 0 spiro atoms. The Morgan fingerprint density at radius 1 is 1.33 bits per heavy atom. The number of likely N-dealkylation sites (N-methyl/N-ethyl adjacent to an activating group) is 1. The van der Waals surface area contributed by atoms with E-state index in [0.717, 1.165) is 44.9 Å². The Hall–Kier alpha value is -1.54. The molecule has 1 fully saturated rings. The second kappa shape index (κ2) is 10.2. The van der Waals surface area contributed by atoms with Crippen molar-refractivity contribution in [1.29, 1.82) is 5.26 Å². The van der Waals surface area contributed by atoms with Gasteiger partial charge < -0.3 is 15.3 Å². The van der Waals surface area contributed by atoms with E-state index in [1.54, 1.807) is 11.9 Å². The number of nitrogens with one attached hydrogen (secondary N) is 1. The van der Waals surface area contributed by atoms with E-state index >= 15 is 0 Å². The van der Waals surface area contributed by atoms with Crippen LogP contribution in [0.1, 0.15) is 51.4 Å². The van der Waals surface area contributed by atoms with Crippen molar-refractivity contribution in [1.82, 2.24) is 10.2 Å². The van der Waals surface area contributed by atoms with Crippen molar-refractivity contribution >= 4 is 5.91 Å². The molecule has 1 saturated carbocycles. The van der Waals surface area contributed by atoms with Crippen LogP contribution in [0.15, 0.2) is 11.8 Å². The first-order valence-corrected chi connectivity index (χ1v) is 7.92. The standard InChI is InChI=1S/C16H27N3O2/c1-19(15-8-4-2-5-9-15)16(21)14(12-17)13-18-10-6-3-7-11-20/h13,15,18,20H,2-11H2,1H3/b14-13-. The van der Waals surface area contributed by atoms with Gasteiger partial charge in [-0.25, -0.2) is 0 Å². The van der Waals surface area contributed by atoms with Crippen molar-refractivity contribution < 1.29 is 9.90 Å². The van der Waals surface area contributed by atoms with Crippen LogP contribution in [-0.4, -0.2) is 42.2 Å². The van der Waals surface area contributed by atoms with Gasteiger partial charge in [-0.15, -0.1) is 0 Å². The zero-order chi connectivity index (χ0) is 15.5. The first-order valence-electron chi connectivity index (χ1n) is 7.92. The molecule has 1 amide bonds. The molecule has 2 N–H and O–H groups in total. The summed E-state index contributed by atoms with van der Waals surface area (Å²) in [7, 11) is 1.80. The molecule has 0 aromatic carbocycles. The van der Waals surface area contributed by atoms with Gasteiger partial charge in [0.15, 0.2) is 0 Å². The Morgan fingerprint density at radius 2 is 2.05 bits per heavy atom. The third-order valence-corrected chi connectivity index (χ3v) is 4.02. The zero-order valence-corrected chi connectivity index (χ0v) is 13.0. The average molecular weight is 293 g/mol. The maximum Gasteiger partial charge on any atom is 0.265 e. The van der Waals surface area contributed by atoms with Crippen LogP contribution in [0.5, 0.6) is 0 Å². The number of rotatable bonds is 8. The highest BCUT2D eigenvalue weighted by Gasteiger charge is 2.24. The lowest BCUT2D eigenvalue weighted by atomic mass is 9.94. The number of nitriles is 1. The van der Waals surface area contributed by atoms with Crippen molar-refractivity contribution in [3.8, 4) is 6.07 Å². The average Bonchev–Trinajstić information content (AvgIpc) is 2.54. The lowest BCUT2D eigenvalue weighted by Gasteiger charge is -2.31. The summed E-state index contributed by atoms with van der Waals surface area (Å²) in [6, 6.07) is 2.26. The number of amides is 1. The van der Waals surface area contributed by atoms with E-state index in [1.807, 2.05) is 6.07 Å². The van der Waals surface area contributed by atoms with Crippen LogP contribution < -0.4 is 5.32 Å². The molecule has 1 aliphatic rings.